The van der Waals surface area contributed by atoms with Crippen molar-refractivity contribution in [2.75, 3.05) is 0 Å². The van der Waals surface area contributed by atoms with Gasteiger partial charge >= 0.3 is 0 Å². The molecule has 0 aliphatic heterocycles. The fourth-order valence-electron chi connectivity index (χ4n) is 1.62. The van der Waals surface area contributed by atoms with E-state index in [9.17, 15) is 9.50 Å². The summed E-state index contributed by atoms with van der Waals surface area (Å²) in [6.45, 7) is -0.547. The molecule has 1 aromatic heterocycles. The van der Waals surface area contributed by atoms with E-state index in [0.717, 1.165) is 5.52 Å². The Labute approximate surface area is 75.2 Å². The van der Waals surface area contributed by atoms with Gasteiger partial charge in [0.05, 0.1) is 5.52 Å². The Morgan fingerprint density at radius 2 is 2.23 bits per heavy atom. The minimum absolute atomic E-state index is 0.144. The van der Waals surface area contributed by atoms with Crippen molar-refractivity contribution in [1.29, 1.82) is 0 Å². The summed E-state index contributed by atoms with van der Waals surface area (Å²) in [7, 11) is 1.83. The first kappa shape index (κ1) is 8.10. The standard InChI is InChI=1S/C10H10FNO/c1-12-6-7(5-11)10-8(12)3-2-4-9(10)13/h2-4,6,13H,5H2,1H3. The zero-order chi connectivity index (χ0) is 9.42. The van der Waals surface area contributed by atoms with Gasteiger partial charge in [-0.25, -0.2) is 4.39 Å². The van der Waals surface area contributed by atoms with E-state index in [1.165, 1.54) is 0 Å². The SMILES string of the molecule is Cn1cc(CF)c2c(O)cccc21. The molecule has 2 nitrogen and oxygen atoms in total. The number of halogens is 1. The van der Waals surface area contributed by atoms with Crippen LogP contribution in [0, 0.1) is 0 Å². The zero-order valence-electron chi connectivity index (χ0n) is 7.29. The van der Waals surface area contributed by atoms with Gasteiger partial charge in [0, 0.05) is 24.2 Å². The van der Waals surface area contributed by atoms with Gasteiger partial charge in [-0.15, -0.1) is 0 Å². The maximum absolute atomic E-state index is 12.5. The Bertz CT molecular complexity index is 447. The van der Waals surface area contributed by atoms with Crippen molar-refractivity contribution < 1.29 is 9.50 Å². The van der Waals surface area contributed by atoms with Crippen LogP contribution in [0.25, 0.3) is 10.9 Å². The molecular formula is C10H10FNO. The second kappa shape index (κ2) is 2.76. The highest BCUT2D eigenvalue weighted by Crippen LogP contribution is 2.29. The molecule has 2 rings (SSSR count). The van der Waals surface area contributed by atoms with E-state index in [-0.39, 0.29) is 5.75 Å². The number of nitrogens with zero attached hydrogens (tertiary/aromatic N) is 1. The van der Waals surface area contributed by atoms with Crippen molar-refractivity contribution in [1.82, 2.24) is 4.57 Å². The number of aryl methyl sites for hydroxylation is 1. The van der Waals surface area contributed by atoms with E-state index in [1.807, 2.05) is 17.7 Å². The summed E-state index contributed by atoms with van der Waals surface area (Å²) in [6.07, 6.45) is 1.70. The summed E-state index contributed by atoms with van der Waals surface area (Å²) in [5.41, 5.74) is 1.39. The first-order valence-electron chi connectivity index (χ1n) is 4.06. The molecule has 0 aliphatic carbocycles. The van der Waals surface area contributed by atoms with Gasteiger partial charge in [-0.2, -0.15) is 0 Å². The number of aromatic hydroxyl groups is 1. The average molecular weight is 179 g/mol. The van der Waals surface area contributed by atoms with Gasteiger partial charge in [0.1, 0.15) is 12.4 Å². The van der Waals surface area contributed by atoms with Crippen molar-refractivity contribution >= 4 is 10.9 Å². The average Bonchev–Trinajstić information content (AvgIpc) is 2.45. The molecule has 3 heteroatoms. The Hall–Kier alpha value is -1.51. The minimum Gasteiger partial charge on any atom is -0.507 e. The Kier molecular flexibility index (Phi) is 1.72. The molecule has 0 spiro atoms. The van der Waals surface area contributed by atoms with Crippen molar-refractivity contribution in [2.24, 2.45) is 7.05 Å². The van der Waals surface area contributed by atoms with Gasteiger partial charge in [0.25, 0.3) is 0 Å². The van der Waals surface area contributed by atoms with Crippen LogP contribution >= 0.6 is 0 Å². The molecule has 1 heterocycles. The van der Waals surface area contributed by atoms with Crippen LogP contribution in [0.1, 0.15) is 5.56 Å². The lowest BCUT2D eigenvalue weighted by Crippen LogP contribution is -1.82. The molecule has 2 aromatic rings. The molecule has 0 aliphatic rings. The summed E-state index contributed by atoms with van der Waals surface area (Å²) in [5, 5.41) is 10.1. The topological polar surface area (TPSA) is 25.2 Å². The summed E-state index contributed by atoms with van der Waals surface area (Å²) >= 11 is 0. The molecule has 13 heavy (non-hydrogen) atoms. The Morgan fingerprint density at radius 1 is 1.46 bits per heavy atom. The normalized spacial score (nSPS) is 10.9. The maximum atomic E-state index is 12.5. The van der Waals surface area contributed by atoms with Crippen molar-refractivity contribution in [3.05, 3.63) is 30.0 Å². The highest BCUT2D eigenvalue weighted by molar-refractivity contribution is 5.89. The number of alkyl halides is 1. The molecule has 1 N–H and O–H groups in total. The van der Waals surface area contributed by atoms with E-state index in [2.05, 4.69) is 0 Å². The molecule has 68 valence electrons. The fourth-order valence-corrected chi connectivity index (χ4v) is 1.62. The van der Waals surface area contributed by atoms with E-state index in [1.54, 1.807) is 18.3 Å². The van der Waals surface area contributed by atoms with Crippen LogP contribution in [0.4, 0.5) is 4.39 Å². The lowest BCUT2D eigenvalue weighted by atomic mass is 10.2. The van der Waals surface area contributed by atoms with Crippen LogP contribution in [-0.4, -0.2) is 9.67 Å². The number of hydrogen-bond donors (Lipinski definition) is 1. The Morgan fingerprint density at radius 3 is 2.92 bits per heavy atom. The summed E-state index contributed by atoms with van der Waals surface area (Å²) in [4.78, 5) is 0. The van der Waals surface area contributed by atoms with Crippen LogP contribution < -0.4 is 0 Å². The number of phenolic OH excluding ortho intramolecular Hbond substituents is 1. The monoisotopic (exact) mass is 179 g/mol. The van der Waals surface area contributed by atoms with Gasteiger partial charge in [0.15, 0.2) is 0 Å². The number of benzene rings is 1. The molecule has 0 saturated carbocycles. The quantitative estimate of drug-likeness (QED) is 0.714. The van der Waals surface area contributed by atoms with Gasteiger partial charge in [-0.1, -0.05) is 6.07 Å². The number of phenols is 1. The van der Waals surface area contributed by atoms with Gasteiger partial charge in [-0.3, -0.25) is 0 Å². The van der Waals surface area contributed by atoms with E-state index < -0.39 is 6.67 Å². The molecule has 0 bridgehead atoms. The van der Waals surface area contributed by atoms with E-state index in [0.29, 0.717) is 10.9 Å². The van der Waals surface area contributed by atoms with Gasteiger partial charge in [0.2, 0.25) is 0 Å². The van der Waals surface area contributed by atoms with E-state index in [4.69, 9.17) is 0 Å². The fraction of sp³-hybridized carbons (Fsp3) is 0.200. The first-order valence-corrected chi connectivity index (χ1v) is 4.06. The minimum atomic E-state index is -0.547. The van der Waals surface area contributed by atoms with E-state index >= 15 is 0 Å². The maximum Gasteiger partial charge on any atom is 0.125 e. The molecule has 0 amide bonds. The molecule has 1 aromatic carbocycles. The second-order valence-corrected chi connectivity index (χ2v) is 3.07. The summed E-state index contributed by atoms with van der Waals surface area (Å²) in [5.74, 6) is 0.144. The van der Waals surface area contributed by atoms with Crippen LogP contribution in [-0.2, 0) is 13.7 Å². The Balaban J connectivity index is 2.89. The molecule has 0 atom stereocenters. The largest absolute Gasteiger partial charge is 0.507 e. The van der Waals surface area contributed by atoms with Gasteiger partial charge < -0.3 is 9.67 Å². The summed E-state index contributed by atoms with van der Waals surface area (Å²) in [6, 6.07) is 5.18. The highest BCUT2D eigenvalue weighted by Gasteiger charge is 2.09. The third-order valence-electron chi connectivity index (χ3n) is 2.22. The predicted molar refractivity (Wildman–Crippen MR) is 49.4 cm³/mol. The van der Waals surface area contributed by atoms with Crippen LogP contribution in [0.3, 0.4) is 0 Å². The third kappa shape index (κ3) is 1.08. The predicted octanol–water partition coefficient (Wildman–Crippen LogP) is 2.35. The molecule has 0 saturated heterocycles. The number of aromatic nitrogens is 1. The zero-order valence-corrected chi connectivity index (χ0v) is 7.29. The smallest absolute Gasteiger partial charge is 0.125 e. The third-order valence-corrected chi connectivity index (χ3v) is 2.22. The lowest BCUT2D eigenvalue weighted by molar-refractivity contribution is 0.473. The molecule has 0 unspecified atom stereocenters. The lowest BCUT2D eigenvalue weighted by Gasteiger charge is -1.97. The van der Waals surface area contributed by atoms with Gasteiger partial charge in [-0.05, 0) is 12.1 Å². The van der Waals surface area contributed by atoms with Crippen molar-refractivity contribution in [3.8, 4) is 5.75 Å². The number of hydrogen-bond acceptors (Lipinski definition) is 1. The number of rotatable bonds is 1. The van der Waals surface area contributed by atoms with Crippen molar-refractivity contribution in [3.63, 3.8) is 0 Å². The van der Waals surface area contributed by atoms with Crippen LogP contribution in [0.2, 0.25) is 0 Å². The first-order chi connectivity index (χ1) is 6.24. The second-order valence-electron chi connectivity index (χ2n) is 3.07. The summed E-state index contributed by atoms with van der Waals surface area (Å²) < 4.78 is 14.3. The molecule has 0 radical (unpaired) electrons. The van der Waals surface area contributed by atoms with Crippen LogP contribution in [0.15, 0.2) is 24.4 Å². The molecular weight excluding hydrogens is 169 g/mol. The number of fused-ring (bicyclic) bond motifs is 1. The van der Waals surface area contributed by atoms with Crippen LogP contribution in [0.5, 0.6) is 5.75 Å². The van der Waals surface area contributed by atoms with Crippen molar-refractivity contribution in [2.45, 2.75) is 6.67 Å². The highest BCUT2D eigenvalue weighted by atomic mass is 19.1. The molecule has 0 fully saturated rings.